The monoisotopic (exact) mass is 438 g/mol. The molecule has 6 nitrogen and oxygen atoms in total. The first-order valence-electron chi connectivity index (χ1n) is 7.81. The SMILES string of the molecule is COc1ccc(Br)cc1[C@H]1CCCN1C(=O)CNC(=O)OCC(F)(F)F. The summed E-state index contributed by atoms with van der Waals surface area (Å²) in [7, 11) is 1.53. The van der Waals surface area contributed by atoms with Crippen LogP contribution in [0.3, 0.4) is 0 Å². The van der Waals surface area contributed by atoms with E-state index < -0.39 is 31.3 Å². The van der Waals surface area contributed by atoms with Crippen LogP contribution in [0.5, 0.6) is 5.75 Å². The topological polar surface area (TPSA) is 67.9 Å². The first kappa shape index (κ1) is 20.3. The summed E-state index contributed by atoms with van der Waals surface area (Å²) in [4.78, 5) is 25.3. The summed E-state index contributed by atoms with van der Waals surface area (Å²) in [6.07, 6.45) is -4.41. The molecule has 1 aromatic carbocycles. The Morgan fingerprint density at radius 1 is 1.38 bits per heavy atom. The van der Waals surface area contributed by atoms with E-state index in [-0.39, 0.29) is 6.04 Å². The Balaban J connectivity index is 1.98. The maximum absolute atomic E-state index is 12.4. The van der Waals surface area contributed by atoms with E-state index in [1.165, 1.54) is 7.11 Å². The maximum atomic E-state index is 12.4. The standard InChI is InChI=1S/C16H18BrF3N2O4/c1-25-13-5-4-10(17)7-11(13)12-3-2-6-22(12)14(23)8-21-15(24)26-9-16(18,19)20/h4-5,7,12H,2-3,6,8-9H2,1H3,(H,21,24)/t12-/m1/s1. The number of nitrogens with zero attached hydrogens (tertiary/aromatic N) is 1. The number of hydrogen-bond donors (Lipinski definition) is 1. The van der Waals surface area contributed by atoms with Gasteiger partial charge in [0.1, 0.15) is 12.3 Å². The highest BCUT2D eigenvalue weighted by Crippen LogP contribution is 2.38. The molecule has 1 fully saturated rings. The first-order chi connectivity index (χ1) is 12.2. The Labute approximate surface area is 156 Å². The van der Waals surface area contributed by atoms with Crippen LogP contribution in [0.15, 0.2) is 22.7 Å². The highest BCUT2D eigenvalue weighted by atomic mass is 79.9. The van der Waals surface area contributed by atoms with Gasteiger partial charge in [-0.3, -0.25) is 4.79 Å². The van der Waals surface area contributed by atoms with Crippen LogP contribution in [0.1, 0.15) is 24.4 Å². The zero-order chi connectivity index (χ0) is 19.3. The Kier molecular flexibility index (Phi) is 6.74. The van der Waals surface area contributed by atoms with Crippen molar-refractivity contribution >= 4 is 27.9 Å². The minimum atomic E-state index is -4.61. The number of methoxy groups -OCH3 is 1. The van der Waals surface area contributed by atoms with Crippen molar-refractivity contribution in [2.75, 3.05) is 26.8 Å². The van der Waals surface area contributed by atoms with Crippen molar-refractivity contribution in [1.82, 2.24) is 10.2 Å². The average molecular weight is 439 g/mol. The number of alkyl carbamates (subject to hydrolysis) is 1. The quantitative estimate of drug-likeness (QED) is 0.764. The van der Waals surface area contributed by atoms with Crippen LogP contribution >= 0.6 is 15.9 Å². The second-order valence-corrected chi connectivity index (χ2v) is 6.59. The lowest BCUT2D eigenvalue weighted by Crippen LogP contribution is -2.40. The van der Waals surface area contributed by atoms with E-state index in [4.69, 9.17) is 4.74 Å². The van der Waals surface area contributed by atoms with Gasteiger partial charge in [0, 0.05) is 16.6 Å². The van der Waals surface area contributed by atoms with Crippen molar-refractivity contribution in [3.8, 4) is 5.75 Å². The van der Waals surface area contributed by atoms with E-state index in [9.17, 15) is 22.8 Å². The molecule has 0 spiro atoms. The van der Waals surface area contributed by atoms with E-state index in [0.29, 0.717) is 12.3 Å². The van der Waals surface area contributed by atoms with E-state index in [0.717, 1.165) is 22.9 Å². The maximum Gasteiger partial charge on any atom is 0.422 e. The number of carbonyl (C=O) groups excluding carboxylic acids is 2. The van der Waals surface area contributed by atoms with Gasteiger partial charge >= 0.3 is 12.3 Å². The summed E-state index contributed by atoms with van der Waals surface area (Å²) in [5, 5.41) is 2.05. The molecule has 1 heterocycles. The third kappa shape index (κ3) is 5.52. The van der Waals surface area contributed by atoms with Crippen LogP contribution in [0, 0.1) is 0 Å². The number of halogens is 4. The van der Waals surface area contributed by atoms with Crippen molar-refractivity contribution in [1.29, 1.82) is 0 Å². The molecule has 0 aliphatic carbocycles. The lowest BCUT2D eigenvalue weighted by molar-refractivity contribution is -0.160. The molecule has 1 aromatic rings. The predicted octanol–water partition coefficient (Wildman–Crippen LogP) is 3.41. The number of benzene rings is 1. The molecule has 1 N–H and O–H groups in total. The predicted molar refractivity (Wildman–Crippen MR) is 89.8 cm³/mol. The van der Waals surface area contributed by atoms with Crippen LogP contribution in [0.25, 0.3) is 0 Å². The van der Waals surface area contributed by atoms with Crippen molar-refractivity contribution in [3.63, 3.8) is 0 Å². The van der Waals surface area contributed by atoms with Crippen LogP contribution in [0.4, 0.5) is 18.0 Å². The summed E-state index contributed by atoms with van der Waals surface area (Å²) in [6, 6.07) is 5.23. The van der Waals surface area contributed by atoms with Gasteiger partial charge in [-0.25, -0.2) is 4.79 Å². The van der Waals surface area contributed by atoms with Crippen LogP contribution in [-0.2, 0) is 9.53 Å². The molecular formula is C16H18BrF3N2O4. The third-order valence-corrected chi connectivity index (χ3v) is 4.37. The second-order valence-electron chi connectivity index (χ2n) is 5.68. The minimum absolute atomic E-state index is 0.233. The number of hydrogen-bond acceptors (Lipinski definition) is 4. The van der Waals surface area contributed by atoms with Gasteiger partial charge in [-0.15, -0.1) is 0 Å². The van der Waals surface area contributed by atoms with E-state index in [2.05, 4.69) is 26.0 Å². The van der Waals surface area contributed by atoms with Gasteiger partial charge in [0.05, 0.1) is 13.2 Å². The van der Waals surface area contributed by atoms with Crippen molar-refractivity contribution < 1.29 is 32.2 Å². The summed E-state index contributed by atoms with van der Waals surface area (Å²) < 4.78 is 46.2. The molecule has 2 amide bonds. The molecule has 0 radical (unpaired) electrons. The van der Waals surface area contributed by atoms with Gasteiger partial charge in [0.25, 0.3) is 0 Å². The highest BCUT2D eigenvalue weighted by molar-refractivity contribution is 9.10. The fourth-order valence-electron chi connectivity index (χ4n) is 2.80. The number of likely N-dealkylation sites (tertiary alicyclic amines) is 1. The van der Waals surface area contributed by atoms with E-state index >= 15 is 0 Å². The molecule has 0 unspecified atom stereocenters. The largest absolute Gasteiger partial charge is 0.496 e. The van der Waals surface area contributed by atoms with Crippen LogP contribution in [0.2, 0.25) is 0 Å². The third-order valence-electron chi connectivity index (χ3n) is 3.87. The molecule has 1 aliphatic rings. The Bertz CT molecular complexity index is 669. The van der Waals surface area contributed by atoms with E-state index in [1.54, 1.807) is 11.0 Å². The number of ether oxygens (including phenoxy) is 2. The molecule has 1 aliphatic heterocycles. The van der Waals surface area contributed by atoms with Crippen LogP contribution < -0.4 is 10.1 Å². The lowest BCUT2D eigenvalue weighted by Gasteiger charge is -2.26. The molecule has 1 atom stereocenters. The highest BCUT2D eigenvalue weighted by Gasteiger charge is 2.33. The molecule has 0 bridgehead atoms. The molecular weight excluding hydrogens is 421 g/mol. The number of alkyl halides is 3. The van der Waals surface area contributed by atoms with Gasteiger partial charge < -0.3 is 19.7 Å². The van der Waals surface area contributed by atoms with Gasteiger partial charge in [0.15, 0.2) is 6.61 Å². The zero-order valence-electron chi connectivity index (χ0n) is 13.9. The van der Waals surface area contributed by atoms with Crippen molar-refractivity contribution in [3.05, 3.63) is 28.2 Å². The molecule has 2 rings (SSSR count). The number of rotatable bonds is 5. The van der Waals surface area contributed by atoms with Crippen molar-refractivity contribution in [2.45, 2.75) is 25.1 Å². The number of carbonyl (C=O) groups is 2. The van der Waals surface area contributed by atoms with Gasteiger partial charge in [-0.05, 0) is 31.0 Å². The van der Waals surface area contributed by atoms with Gasteiger partial charge in [-0.1, -0.05) is 15.9 Å². The Hall–Kier alpha value is -1.97. The summed E-state index contributed by atoms with van der Waals surface area (Å²) >= 11 is 3.39. The summed E-state index contributed by atoms with van der Waals surface area (Å²) in [5.74, 6) is 0.230. The van der Waals surface area contributed by atoms with Crippen molar-refractivity contribution in [2.24, 2.45) is 0 Å². The Morgan fingerprint density at radius 2 is 2.12 bits per heavy atom. The molecule has 1 saturated heterocycles. The fraction of sp³-hybridized carbons (Fsp3) is 0.500. The molecule has 10 heteroatoms. The van der Waals surface area contributed by atoms with E-state index in [1.807, 2.05) is 12.1 Å². The second kappa shape index (κ2) is 8.61. The lowest BCUT2D eigenvalue weighted by atomic mass is 10.0. The fourth-order valence-corrected chi connectivity index (χ4v) is 3.18. The number of amides is 2. The Morgan fingerprint density at radius 3 is 2.77 bits per heavy atom. The van der Waals surface area contributed by atoms with Gasteiger partial charge in [0.2, 0.25) is 5.91 Å². The summed E-state index contributed by atoms with van der Waals surface area (Å²) in [6.45, 7) is -1.66. The number of nitrogens with one attached hydrogen (secondary N) is 1. The van der Waals surface area contributed by atoms with Crippen LogP contribution in [-0.4, -0.2) is 49.9 Å². The molecule has 0 aromatic heterocycles. The normalized spacial score (nSPS) is 17.1. The molecule has 144 valence electrons. The minimum Gasteiger partial charge on any atom is -0.496 e. The first-order valence-corrected chi connectivity index (χ1v) is 8.61. The zero-order valence-corrected chi connectivity index (χ0v) is 15.5. The summed E-state index contributed by atoms with van der Waals surface area (Å²) in [5.41, 5.74) is 0.826. The average Bonchev–Trinajstić information content (AvgIpc) is 3.06. The smallest absolute Gasteiger partial charge is 0.422 e. The van der Waals surface area contributed by atoms with Gasteiger partial charge in [-0.2, -0.15) is 13.2 Å². The molecule has 26 heavy (non-hydrogen) atoms. The molecule has 0 saturated carbocycles.